The molecule has 1 aromatic heterocycles. The van der Waals surface area contributed by atoms with Crippen LogP contribution < -0.4 is 10.2 Å². The van der Waals surface area contributed by atoms with Crippen LogP contribution in [0.2, 0.25) is 0 Å². The second kappa shape index (κ2) is 8.23. The van der Waals surface area contributed by atoms with Crippen LogP contribution in [0.1, 0.15) is 27.6 Å². The van der Waals surface area contributed by atoms with Gasteiger partial charge >= 0.3 is 0 Å². The standard InChI is InChI=1S/C21H18FN3O2/c1-2-25(19-6-4-3-5-7-19)21(27)16-12-15(13-23-14-16)20(26)24-18-10-8-17(22)9-11-18/h3-14H,2H2,1H3,(H,24,26). The van der Waals surface area contributed by atoms with Gasteiger partial charge in [0.05, 0.1) is 11.1 Å². The molecule has 6 heteroatoms. The zero-order valence-electron chi connectivity index (χ0n) is 14.7. The van der Waals surface area contributed by atoms with Gasteiger partial charge in [0.15, 0.2) is 0 Å². The quantitative estimate of drug-likeness (QED) is 0.741. The molecule has 2 amide bonds. The highest BCUT2D eigenvalue weighted by Gasteiger charge is 2.18. The van der Waals surface area contributed by atoms with Crippen molar-refractivity contribution in [2.75, 3.05) is 16.8 Å². The molecular weight excluding hydrogens is 345 g/mol. The van der Waals surface area contributed by atoms with Crippen molar-refractivity contribution < 1.29 is 14.0 Å². The van der Waals surface area contributed by atoms with Crippen molar-refractivity contribution >= 4 is 23.2 Å². The predicted molar refractivity (Wildman–Crippen MR) is 102 cm³/mol. The number of pyridine rings is 1. The van der Waals surface area contributed by atoms with Crippen LogP contribution in [0.15, 0.2) is 73.1 Å². The molecule has 1 N–H and O–H groups in total. The molecule has 0 aliphatic carbocycles. The largest absolute Gasteiger partial charge is 0.322 e. The molecule has 0 spiro atoms. The Hall–Kier alpha value is -3.54. The number of hydrogen-bond donors (Lipinski definition) is 1. The van der Waals surface area contributed by atoms with Crippen LogP contribution >= 0.6 is 0 Å². The molecule has 2 aromatic carbocycles. The molecule has 0 aliphatic heterocycles. The number of carbonyl (C=O) groups excluding carboxylic acids is 2. The summed E-state index contributed by atoms with van der Waals surface area (Å²) >= 11 is 0. The van der Waals surface area contributed by atoms with Crippen molar-refractivity contribution in [3.05, 3.63) is 90.0 Å². The first-order valence-electron chi connectivity index (χ1n) is 8.47. The van der Waals surface area contributed by atoms with E-state index in [0.717, 1.165) is 5.69 Å². The Labute approximate surface area is 156 Å². The summed E-state index contributed by atoms with van der Waals surface area (Å²) in [4.78, 5) is 30.9. The van der Waals surface area contributed by atoms with E-state index in [0.29, 0.717) is 17.8 Å². The molecule has 0 fully saturated rings. The summed E-state index contributed by atoms with van der Waals surface area (Å²) in [6, 6.07) is 16.2. The first kappa shape index (κ1) is 18.3. The molecule has 0 bridgehead atoms. The van der Waals surface area contributed by atoms with Crippen molar-refractivity contribution in [1.82, 2.24) is 4.98 Å². The lowest BCUT2D eigenvalue weighted by Gasteiger charge is -2.21. The number of rotatable bonds is 5. The van der Waals surface area contributed by atoms with E-state index in [4.69, 9.17) is 0 Å². The summed E-state index contributed by atoms with van der Waals surface area (Å²) in [6.45, 7) is 2.36. The van der Waals surface area contributed by atoms with E-state index in [-0.39, 0.29) is 17.3 Å². The van der Waals surface area contributed by atoms with Gasteiger partial charge in [0, 0.05) is 30.3 Å². The number of hydrogen-bond acceptors (Lipinski definition) is 3. The maximum Gasteiger partial charge on any atom is 0.259 e. The summed E-state index contributed by atoms with van der Waals surface area (Å²) in [5, 5.41) is 2.66. The Bertz CT molecular complexity index is 943. The Morgan fingerprint density at radius 3 is 2.33 bits per heavy atom. The molecular formula is C21H18FN3O2. The minimum Gasteiger partial charge on any atom is -0.322 e. The average Bonchev–Trinajstić information content (AvgIpc) is 2.71. The number of benzene rings is 2. The topological polar surface area (TPSA) is 62.3 Å². The van der Waals surface area contributed by atoms with Gasteiger partial charge in [0.25, 0.3) is 11.8 Å². The van der Waals surface area contributed by atoms with Crippen molar-refractivity contribution in [2.45, 2.75) is 6.92 Å². The van der Waals surface area contributed by atoms with E-state index >= 15 is 0 Å². The molecule has 0 aliphatic rings. The zero-order valence-corrected chi connectivity index (χ0v) is 14.7. The predicted octanol–water partition coefficient (Wildman–Crippen LogP) is 4.14. The average molecular weight is 363 g/mol. The minimum atomic E-state index is -0.425. The molecule has 0 unspecified atom stereocenters. The van der Waals surface area contributed by atoms with E-state index < -0.39 is 5.91 Å². The Morgan fingerprint density at radius 1 is 1.00 bits per heavy atom. The number of para-hydroxylation sites is 1. The van der Waals surface area contributed by atoms with Gasteiger partial charge < -0.3 is 10.2 Å². The molecule has 5 nitrogen and oxygen atoms in total. The smallest absolute Gasteiger partial charge is 0.259 e. The van der Waals surface area contributed by atoms with Crippen molar-refractivity contribution in [1.29, 1.82) is 0 Å². The summed E-state index contributed by atoms with van der Waals surface area (Å²) in [5.41, 5.74) is 1.78. The lowest BCUT2D eigenvalue weighted by atomic mass is 10.1. The highest BCUT2D eigenvalue weighted by molar-refractivity contribution is 6.09. The molecule has 136 valence electrons. The fraction of sp³-hybridized carbons (Fsp3) is 0.0952. The Kier molecular flexibility index (Phi) is 5.56. The molecule has 1 heterocycles. The second-order valence-electron chi connectivity index (χ2n) is 5.81. The van der Waals surface area contributed by atoms with Gasteiger partial charge in [-0.1, -0.05) is 18.2 Å². The second-order valence-corrected chi connectivity index (χ2v) is 5.81. The molecule has 27 heavy (non-hydrogen) atoms. The Balaban J connectivity index is 1.81. The number of amides is 2. The van der Waals surface area contributed by atoms with Gasteiger partial charge in [-0.05, 0) is 49.4 Å². The van der Waals surface area contributed by atoms with Crippen LogP contribution in [0, 0.1) is 5.82 Å². The van der Waals surface area contributed by atoms with Crippen molar-refractivity contribution in [3.63, 3.8) is 0 Å². The zero-order chi connectivity index (χ0) is 19.2. The Morgan fingerprint density at radius 2 is 1.67 bits per heavy atom. The van der Waals surface area contributed by atoms with Gasteiger partial charge in [-0.3, -0.25) is 14.6 Å². The normalized spacial score (nSPS) is 10.3. The van der Waals surface area contributed by atoms with Crippen LogP contribution in [0.5, 0.6) is 0 Å². The van der Waals surface area contributed by atoms with Crippen molar-refractivity contribution in [2.24, 2.45) is 0 Å². The van der Waals surface area contributed by atoms with Gasteiger partial charge in [-0.2, -0.15) is 0 Å². The van der Waals surface area contributed by atoms with Crippen LogP contribution in [0.3, 0.4) is 0 Å². The van der Waals surface area contributed by atoms with Gasteiger partial charge in [-0.25, -0.2) is 4.39 Å². The van der Waals surface area contributed by atoms with E-state index in [1.165, 1.54) is 42.7 Å². The SMILES string of the molecule is CCN(C(=O)c1cncc(C(=O)Nc2ccc(F)cc2)c1)c1ccccc1. The third kappa shape index (κ3) is 4.36. The van der Waals surface area contributed by atoms with E-state index in [1.807, 2.05) is 37.3 Å². The fourth-order valence-electron chi connectivity index (χ4n) is 2.62. The molecule has 3 aromatic rings. The minimum absolute atomic E-state index is 0.243. The van der Waals surface area contributed by atoms with Gasteiger partial charge in [0.2, 0.25) is 0 Å². The highest BCUT2D eigenvalue weighted by Crippen LogP contribution is 2.17. The van der Waals surface area contributed by atoms with E-state index in [2.05, 4.69) is 10.3 Å². The van der Waals surface area contributed by atoms with E-state index in [1.54, 1.807) is 4.90 Å². The number of nitrogens with one attached hydrogen (secondary N) is 1. The van der Waals surface area contributed by atoms with Gasteiger partial charge in [0.1, 0.15) is 5.82 Å². The lowest BCUT2D eigenvalue weighted by Crippen LogP contribution is -2.31. The molecule has 0 saturated heterocycles. The molecule has 0 saturated carbocycles. The van der Waals surface area contributed by atoms with Crippen LogP contribution in [-0.2, 0) is 0 Å². The molecule has 3 rings (SSSR count). The van der Waals surface area contributed by atoms with Crippen molar-refractivity contribution in [3.8, 4) is 0 Å². The fourth-order valence-corrected chi connectivity index (χ4v) is 2.62. The summed E-state index contributed by atoms with van der Waals surface area (Å²) in [7, 11) is 0. The monoisotopic (exact) mass is 363 g/mol. The first-order valence-corrected chi connectivity index (χ1v) is 8.47. The number of nitrogens with zero attached hydrogens (tertiary/aromatic N) is 2. The maximum atomic E-state index is 13.0. The van der Waals surface area contributed by atoms with Gasteiger partial charge in [-0.15, -0.1) is 0 Å². The molecule has 0 radical (unpaired) electrons. The number of carbonyl (C=O) groups is 2. The van der Waals surface area contributed by atoms with Crippen LogP contribution in [0.25, 0.3) is 0 Å². The van der Waals surface area contributed by atoms with Crippen LogP contribution in [0.4, 0.5) is 15.8 Å². The summed E-state index contributed by atoms with van der Waals surface area (Å²) in [5.74, 6) is -1.05. The first-order chi connectivity index (χ1) is 13.1. The number of aromatic nitrogens is 1. The molecule has 0 atom stereocenters. The third-order valence-corrected chi connectivity index (χ3v) is 3.98. The van der Waals surface area contributed by atoms with Crippen LogP contribution in [-0.4, -0.2) is 23.3 Å². The lowest BCUT2D eigenvalue weighted by molar-refractivity contribution is 0.0988. The maximum absolute atomic E-state index is 13.0. The summed E-state index contributed by atoms with van der Waals surface area (Å²) in [6.07, 6.45) is 2.82. The summed E-state index contributed by atoms with van der Waals surface area (Å²) < 4.78 is 13.0. The number of halogens is 1. The number of anilines is 2. The van der Waals surface area contributed by atoms with E-state index in [9.17, 15) is 14.0 Å². The third-order valence-electron chi connectivity index (χ3n) is 3.98. The highest BCUT2D eigenvalue weighted by atomic mass is 19.1.